The molecule has 0 aliphatic carbocycles. The van der Waals surface area contributed by atoms with Gasteiger partial charge in [0.1, 0.15) is 0 Å². The first-order valence-corrected chi connectivity index (χ1v) is 11.6. The van der Waals surface area contributed by atoms with Crippen LogP contribution in [0.25, 0.3) is 0 Å². The highest BCUT2D eigenvalue weighted by molar-refractivity contribution is 6.21. The zero-order valence-electron chi connectivity index (χ0n) is 19.9. The van der Waals surface area contributed by atoms with Gasteiger partial charge in [0, 0.05) is 6.54 Å². The molecule has 0 radical (unpaired) electrons. The Balaban J connectivity index is 1.53. The van der Waals surface area contributed by atoms with Crippen molar-refractivity contribution in [3.05, 3.63) is 35.4 Å². The second-order valence-electron chi connectivity index (χ2n) is 8.74. The van der Waals surface area contributed by atoms with Gasteiger partial charge >= 0.3 is 0 Å². The van der Waals surface area contributed by atoms with Gasteiger partial charge in [-0.2, -0.15) is 0 Å². The third kappa shape index (κ3) is 8.33. The number of rotatable bonds is 16. The van der Waals surface area contributed by atoms with Gasteiger partial charge in [0.2, 0.25) is 0 Å². The third-order valence-corrected chi connectivity index (χ3v) is 5.93. The fourth-order valence-corrected chi connectivity index (χ4v) is 4.02. The van der Waals surface area contributed by atoms with E-state index in [2.05, 4.69) is 41.2 Å². The Bertz CT molecular complexity index is 661. The molecule has 2 amide bonds. The zero-order valence-corrected chi connectivity index (χ0v) is 19.9. The van der Waals surface area contributed by atoms with Crippen LogP contribution in [0.2, 0.25) is 0 Å². The molecule has 0 fully saturated rings. The monoisotopic (exact) mass is 431 g/mol. The molecule has 0 bridgehead atoms. The molecule has 7 heteroatoms. The Labute approximate surface area is 188 Å². The minimum atomic E-state index is -0.155. The molecule has 1 heterocycles. The number of benzene rings is 1. The average Bonchev–Trinajstić information content (AvgIpc) is 2.99. The quantitative estimate of drug-likeness (QED) is 0.318. The van der Waals surface area contributed by atoms with Gasteiger partial charge in [-0.1, -0.05) is 12.1 Å². The van der Waals surface area contributed by atoms with Crippen LogP contribution >= 0.6 is 0 Å². The Morgan fingerprint density at radius 2 is 1.13 bits per heavy atom. The molecule has 0 spiro atoms. The molecule has 1 aliphatic heterocycles. The summed E-state index contributed by atoms with van der Waals surface area (Å²) in [6.07, 6.45) is 4.32. The van der Waals surface area contributed by atoms with Crippen molar-refractivity contribution in [3.63, 3.8) is 0 Å². The van der Waals surface area contributed by atoms with Crippen molar-refractivity contribution in [2.24, 2.45) is 0 Å². The number of hydrogen-bond donors (Lipinski definition) is 1. The van der Waals surface area contributed by atoms with Crippen LogP contribution < -0.4 is 5.32 Å². The lowest BCUT2D eigenvalue weighted by molar-refractivity contribution is 0.0648. The second-order valence-corrected chi connectivity index (χ2v) is 8.74. The first kappa shape index (κ1) is 25.5. The highest BCUT2D eigenvalue weighted by atomic mass is 16.2. The zero-order chi connectivity index (χ0) is 22.6. The van der Waals surface area contributed by atoms with Crippen molar-refractivity contribution in [2.75, 3.05) is 80.5 Å². The van der Waals surface area contributed by atoms with Gasteiger partial charge in [-0.05, 0) is 112 Å². The number of carbonyl (C=O) groups excluding carboxylic acids is 2. The summed E-state index contributed by atoms with van der Waals surface area (Å²) < 4.78 is 0. The maximum atomic E-state index is 12.4. The van der Waals surface area contributed by atoms with Crippen molar-refractivity contribution >= 4 is 11.8 Å². The summed E-state index contributed by atoms with van der Waals surface area (Å²) in [5.41, 5.74) is 1.07. The molecule has 0 unspecified atom stereocenters. The number of nitrogens with one attached hydrogen (secondary N) is 1. The van der Waals surface area contributed by atoms with E-state index in [1.54, 1.807) is 12.1 Å². The molecule has 1 N–H and O–H groups in total. The van der Waals surface area contributed by atoms with Crippen LogP contribution in [-0.2, 0) is 0 Å². The molecular formula is C24H41N5O2. The minimum absolute atomic E-state index is 0.155. The van der Waals surface area contributed by atoms with E-state index in [9.17, 15) is 9.59 Å². The van der Waals surface area contributed by atoms with E-state index in [1.165, 1.54) is 17.7 Å². The van der Waals surface area contributed by atoms with Crippen molar-refractivity contribution in [1.29, 1.82) is 0 Å². The average molecular weight is 432 g/mol. The standard InChI is InChI=1S/C24H41N5O2/c1-25-13-7-14-26(2)15-8-16-27(3)17-9-18-28(4)19-10-20-29-23(30)21-11-5-6-12-22(21)24(29)31/h5-6,11-12,25H,7-10,13-20H2,1-4H3. The summed E-state index contributed by atoms with van der Waals surface area (Å²) >= 11 is 0. The van der Waals surface area contributed by atoms with E-state index < -0.39 is 0 Å². The third-order valence-electron chi connectivity index (χ3n) is 5.93. The lowest BCUT2D eigenvalue weighted by Gasteiger charge is -2.22. The van der Waals surface area contributed by atoms with Crippen molar-refractivity contribution in [3.8, 4) is 0 Å². The van der Waals surface area contributed by atoms with Crippen LogP contribution in [0.3, 0.4) is 0 Å². The van der Waals surface area contributed by atoms with Gasteiger partial charge in [-0.3, -0.25) is 14.5 Å². The Morgan fingerprint density at radius 3 is 1.58 bits per heavy atom. The number of imide groups is 1. The highest BCUT2D eigenvalue weighted by Gasteiger charge is 2.34. The molecule has 7 nitrogen and oxygen atoms in total. The molecule has 1 aromatic rings. The normalized spacial score (nSPS) is 13.8. The van der Waals surface area contributed by atoms with Gasteiger partial charge < -0.3 is 20.0 Å². The summed E-state index contributed by atoms with van der Waals surface area (Å²) in [6.45, 7) is 7.98. The molecule has 0 saturated heterocycles. The van der Waals surface area contributed by atoms with Crippen LogP contribution in [0.4, 0.5) is 0 Å². The Hall–Kier alpha value is -1.80. The molecule has 2 rings (SSSR count). The van der Waals surface area contributed by atoms with E-state index in [-0.39, 0.29) is 11.8 Å². The van der Waals surface area contributed by atoms with Gasteiger partial charge in [-0.25, -0.2) is 0 Å². The fourth-order valence-electron chi connectivity index (χ4n) is 4.02. The summed E-state index contributed by atoms with van der Waals surface area (Å²) in [5, 5.41) is 3.19. The summed E-state index contributed by atoms with van der Waals surface area (Å²) in [6, 6.07) is 7.09. The van der Waals surface area contributed by atoms with Crippen LogP contribution in [0.15, 0.2) is 24.3 Å². The number of nitrogens with zero attached hydrogens (tertiary/aromatic N) is 4. The first-order chi connectivity index (χ1) is 14.9. The summed E-state index contributed by atoms with van der Waals surface area (Å²) in [7, 11) is 8.51. The fraction of sp³-hybridized carbons (Fsp3) is 0.667. The molecule has 0 atom stereocenters. The van der Waals surface area contributed by atoms with Gasteiger partial charge in [0.25, 0.3) is 11.8 Å². The number of amides is 2. The molecule has 174 valence electrons. The molecule has 1 aliphatic rings. The predicted octanol–water partition coefficient (Wildman–Crippen LogP) is 1.86. The highest BCUT2D eigenvalue weighted by Crippen LogP contribution is 2.22. The lowest BCUT2D eigenvalue weighted by Crippen LogP contribution is -2.33. The van der Waals surface area contributed by atoms with Crippen LogP contribution in [0.5, 0.6) is 0 Å². The maximum Gasteiger partial charge on any atom is 0.261 e. The molecule has 0 saturated carbocycles. The van der Waals surface area contributed by atoms with Crippen molar-refractivity contribution < 1.29 is 9.59 Å². The van der Waals surface area contributed by atoms with E-state index >= 15 is 0 Å². The smallest absolute Gasteiger partial charge is 0.261 e. The van der Waals surface area contributed by atoms with Crippen LogP contribution in [0.1, 0.15) is 46.4 Å². The lowest BCUT2D eigenvalue weighted by atomic mass is 10.1. The topological polar surface area (TPSA) is 59.1 Å². The Morgan fingerprint density at radius 1 is 0.710 bits per heavy atom. The number of fused-ring (bicyclic) bond motifs is 1. The van der Waals surface area contributed by atoms with E-state index in [0.29, 0.717) is 17.7 Å². The largest absolute Gasteiger partial charge is 0.320 e. The van der Waals surface area contributed by atoms with E-state index in [1.807, 2.05) is 19.2 Å². The van der Waals surface area contributed by atoms with Crippen LogP contribution in [0, 0.1) is 0 Å². The molecule has 1 aromatic carbocycles. The minimum Gasteiger partial charge on any atom is -0.320 e. The van der Waals surface area contributed by atoms with E-state index in [4.69, 9.17) is 0 Å². The van der Waals surface area contributed by atoms with Gasteiger partial charge in [0.05, 0.1) is 11.1 Å². The van der Waals surface area contributed by atoms with Crippen molar-refractivity contribution in [2.45, 2.75) is 25.7 Å². The summed E-state index contributed by atoms with van der Waals surface area (Å²) in [4.78, 5) is 33.3. The van der Waals surface area contributed by atoms with Gasteiger partial charge in [-0.15, -0.1) is 0 Å². The Kier molecular flexibility index (Phi) is 11.2. The van der Waals surface area contributed by atoms with E-state index in [0.717, 1.165) is 58.7 Å². The van der Waals surface area contributed by atoms with Gasteiger partial charge in [0.15, 0.2) is 0 Å². The number of carbonyl (C=O) groups is 2. The SMILES string of the molecule is CNCCCN(C)CCCN(C)CCCN(C)CCCN1C(=O)c2ccccc2C1=O. The number of hydrogen-bond acceptors (Lipinski definition) is 6. The molecule has 0 aromatic heterocycles. The van der Waals surface area contributed by atoms with Crippen molar-refractivity contribution in [1.82, 2.24) is 24.9 Å². The molecular weight excluding hydrogens is 390 g/mol. The second kappa shape index (κ2) is 13.6. The first-order valence-electron chi connectivity index (χ1n) is 11.6. The summed E-state index contributed by atoms with van der Waals surface area (Å²) in [5.74, 6) is -0.310. The predicted molar refractivity (Wildman–Crippen MR) is 127 cm³/mol. The maximum absolute atomic E-state index is 12.4. The van der Waals surface area contributed by atoms with Crippen LogP contribution in [-0.4, -0.2) is 112 Å². The molecule has 31 heavy (non-hydrogen) atoms.